The number of non-ortho nitro benzene ring substituents is 1. The molecule has 0 spiro atoms. The van der Waals surface area contributed by atoms with Gasteiger partial charge in [0.15, 0.2) is 21.6 Å². The summed E-state index contributed by atoms with van der Waals surface area (Å²) in [5.41, 5.74) is -0.923. The van der Waals surface area contributed by atoms with E-state index < -0.39 is 72.7 Å². The number of nitro benzene ring substituents is 1. The van der Waals surface area contributed by atoms with Gasteiger partial charge in [-0.05, 0) is 24.6 Å². The van der Waals surface area contributed by atoms with Crippen molar-refractivity contribution in [1.82, 2.24) is 19.9 Å². The Bertz CT molecular complexity index is 1580. The first-order chi connectivity index (χ1) is 19.9. The zero-order chi connectivity index (χ0) is 30.8. The monoisotopic (exact) mass is 603 g/mol. The van der Waals surface area contributed by atoms with Crippen molar-refractivity contribution in [3.05, 3.63) is 76.6 Å². The maximum atomic E-state index is 13.7. The van der Waals surface area contributed by atoms with Crippen LogP contribution in [0.2, 0.25) is 0 Å². The van der Waals surface area contributed by atoms with E-state index in [9.17, 15) is 37.7 Å². The lowest BCUT2D eigenvalue weighted by Gasteiger charge is -2.36. The number of fused-ring (bicyclic) bond motifs is 1. The fourth-order valence-corrected chi connectivity index (χ4v) is 7.03. The Morgan fingerprint density at radius 3 is 2.31 bits per heavy atom. The summed E-state index contributed by atoms with van der Waals surface area (Å²) < 4.78 is 41.4. The largest absolute Gasteiger partial charge is 0.459 e. The number of carbonyl (C=O) groups excluding carboxylic acids is 4. The molecule has 3 atom stereocenters. The highest BCUT2D eigenvalue weighted by molar-refractivity contribution is 7.93. The van der Waals surface area contributed by atoms with Crippen LogP contribution < -0.4 is 0 Å². The van der Waals surface area contributed by atoms with Crippen LogP contribution in [-0.4, -0.2) is 86.4 Å². The van der Waals surface area contributed by atoms with Crippen LogP contribution in [0.1, 0.15) is 39.9 Å². The number of aromatic nitrogens is 3. The maximum absolute atomic E-state index is 13.7. The molecule has 1 aromatic carbocycles. The van der Waals surface area contributed by atoms with Crippen LogP contribution in [0.15, 0.2) is 49.6 Å². The van der Waals surface area contributed by atoms with Gasteiger partial charge in [-0.1, -0.05) is 30.5 Å². The molecule has 42 heavy (non-hydrogen) atoms. The molecule has 0 unspecified atom stereocenters. The van der Waals surface area contributed by atoms with Gasteiger partial charge in [-0.2, -0.15) is 0 Å². The quantitative estimate of drug-likeness (QED) is 0.0819. The summed E-state index contributed by atoms with van der Waals surface area (Å²) >= 11 is 0. The van der Waals surface area contributed by atoms with E-state index in [4.69, 9.17) is 14.2 Å². The van der Waals surface area contributed by atoms with Crippen LogP contribution in [-0.2, 0) is 46.8 Å². The maximum Gasteiger partial charge on any atom is 0.361 e. The number of hydrogen-bond acceptors (Lipinski definition) is 13. The molecule has 1 aromatic heterocycles. The lowest BCUT2D eigenvalue weighted by atomic mass is 9.96. The highest BCUT2D eigenvalue weighted by Gasteiger charge is 2.70. The van der Waals surface area contributed by atoms with E-state index in [0.717, 1.165) is 9.58 Å². The van der Waals surface area contributed by atoms with Crippen molar-refractivity contribution in [3.8, 4) is 0 Å². The van der Waals surface area contributed by atoms with Gasteiger partial charge < -0.3 is 19.1 Å². The van der Waals surface area contributed by atoms with Gasteiger partial charge >= 0.3 is 17.9 Å². The van der Waals surface area contributed by atoms with Crippen LogP contribution in [0.4, 0.5) is 5.69 Å². The van der Waals surface area contributed by atoms with Crippen LogP contribution in [0.5, 0.6) is 0 Å². The van der Waals surface area contributed by atoms with E-state index in [1.807, 2.05) is 0 Å². The van der Waals surface area contributed by atoms with E-state index in [2.05, 4.69) is 23.5 Å². The Labute approximate surface area is 238 Å². The van der Waals surface area contributed by atoms with Gasteiger partial charge in [0.2, 0.25) is 11.6 Å². The summed E-state index contributed by atoms with van der Waals surface area (Å²) in [6.07, 6.45) is 2.17. The summed E-state index contributed by atoms with van der Waals surface area (Å²) in [5, 5.41) is 17.0. The van der Waals surface area contributed by atoms with Gasteiger partial charge in [0.05, 0.1) is 17.9 Å². The number of esters is 3. The number of ether oxygens (including phenoxy) is 3. The van der Waals surface area contributed by atoms with E-state index in [1.54, 1.807) is 0 Å². The highest BCUT2D eigenvalue weighted by atomic mass is 32.2. The number of nitrogens with zero attached hydrogens (tertiary/aromatic N) is 5. The third-order valence-electron chi connectivity index (χ3n) is 6.81. The standard InChI is InChI=1S/C25H25N5O11S/c1-4-10-39-22(32)19-20(23(33)40-11-5-2)28(27-26-19)14-25(3)21(29-17(31)12-18(29)42(25,37)38)24(34)41-13-15-6-8-16(9-7-15)30(35)36/h4-9,18,21H,1-2,10-14H2,3H3/t18-,21+,25-/m1/s1. The normalized spacial score (nSPS) is 21.9. The average Bonchev–Trinajstić information content (AvgIpc) is 3.42. The number of β-lactam (4-membered cyclic amide) rings is 1. The van der Waals surface area contributed by atoms with Gasteiger partial charge in [-0.3, -0.25) is 14.9 Å². The Morgan fingerprint density at radius 2 is 1.74 bits per heavy atom. The molecule has 2 aliphatic heterocycles. The molecule has 2 saturated heterocycles. The third kappa shape index (κ3) is 5.13. The van der Waals surface area contributed by atoms with Crippen LogP contribution in [0, 0.1) is 10.1 Å². The molecule has 0 N–H and O–H groups in total. The average molecular weight is 604 g/mol. The predicted octanol–water partition coefficient (Wildman–Crippen LogP) is 0.729. The predicted molar refractivity (Wildman–Crippen MR) is 140 cm³/mol. The molecule has 2 aromatic rings. The molecule has 0 saturated carbocycles. The van der Waals surface area contributed by atoms with Crippen molar-refractivity contribution in [3.63, 3.8) is 0 Å². The van der Waals surface area contributed by atoms with Gasteiger partial charge in [-0.15, -0.1) is 5.10 Å². The zero-order valence-corrected chi connectivity index (χ0v) is 23.0. The van der Waals surface area contributed by atoms with Gasteiger partial charge in [0, 0.05) is 12.1 Å². The second-order valence-electron chi connectivity index (χ2n) is 9.47. The number of amides is 1. The van der Waals surface area contributed by atoms with Gasteiger partial charge in [0.25, 0.3) is 5.69 Å². The van der Waals surface area contributed by atoms with E-state index in [-0.39, 0.29) is 31.9 Å². The van der Waals surface area contributed by atoms with E-state index in [0.29, 0.717) is 5.56 Å². The molecule has 0 aliphatic carbocycles. The minimum atomic E-state index is -4.29. The highest BCUT2D eigenvalue weighted by Crippen LogP contribution is 2.47. The lowest BCUT2D eigenvalue weighted by molar-refractivity contribution is -0.384. The number of sulfone groups is 1. The minimum absolute atomic E-state index is 0.184. The molecule has 2 fully saturated rings. The molecule has 2 aliphatic rings. The van der Waals surface area contributed by atoms with Crippen LogP contribution in [0.3, 0.4) is 0 Å². The minimum Gasteiger partial charge on any atom is -0.459 e. The number of hydrogen-bond donors (Lipinski definition) is 0. The van der Waals surface area contributed by atoms with Crippen molar-refractivity contribution in [2.45, 2.75) is 42.7 Å². The molecule has 0 bridgehead atoms. The molecular formula is C25H25N5O11S. The van der Waals surface area contributed by atoms with Crippen molar-refractivity contribution < 1.29 is 46.7 Å². The molecule has 3 heterocycles. The first-order valence-corrected chi connectivity index (χ1v) is 13.9. The Kier molecular flexibility index (Phi) is 8.24. The zero-order valence-electron chi connectivity index (χ0n) is 22.2. The Hall–Kier alpha value is -4.93. The lowest BCUT2D eigenvalue weighted by Crippen LogP contribution is -2.58. The fourth-order valence-electron chi connectivity index (χ4n) is 4.68. The first kappa shape index (κ1) is 30.0. The molecule has 0 radical (unpaired) electrons. The summed E-state index contributed by atoms with van der Waals surface area (Å²) in [4.78, 5) is 62.6. The molecule has 17 heteroatoms. The molecule has 1 amide bonds. The molecular weight excluding hydrogens is 578 g/mol. The van der Waals surface area contributed by atoms with Gasteiger partial charge in [0.1, 0.15) is 29.9 Å². The molecule has 16 nitrogen and oxygen atoms in total. The van der Waals surface area contributed by atoms with Crippen molar-refractivity contribution in [2.75, 3.05) is 13.2 Å². The number of benzene rings is 1. The Morgan fingerprint density at radius 1 is 1.12 bits per heavy atom. The van der Waals surface area contributed by atoms with Crippen LogP contribution in [0.25, 0.3) is 0 Å². The number of rotatable bonds is 12. The topological polar surface area (TPSA) is 207 Å². The molecule has 4 rings (SSSR count). The molecule has 222 valence electrons. The third-order valence-corrected chi connectivity index (χ3v) is 9.58. The first-order valence-electron chi connectivity index (χ1n) is 12.3. The number of carbonyl (C=O) groups is 4. The Balaban J connectivity index is 1.69. The van der Waals surface area contributed by atoms with Crippen molar-refractivity contribution in [1.29, 1.82) is 0 Å². The second kappa shape index (κ2) is 11.5. The summed E-state index contributed by atoms with van der Waals surface area (Å²) in [6.45, 7) is 6.51. The summed E-state index contributed by atoms with van der Waals surface area (Å²) in [5.74, 6) is -3.84. The smallest absolute Gasteiger partial charge is 0.361 e. The van der Waals surface area contributed by atoms with Gasteiger partial charge in [-0.25, -0.2) is 27.5 Å². The van der Waals surface area contributed by atoms with Crippen molar-refractivity contribution in [2.24, 2.45) is 0 Å². The number of nitro groups is 1. The second-order valence-corrected chi connectivity index (χ2v) is 12.0. The summed E-state index contributed by atoms with van der Waals surface area (Å²) in [6, 6.07) is 3.47. The van der Waals surface area contributed by atoms with E-state index >= 15 is 0 Å². The van der Waals surface area contributed by atoms with E-state index in [1.165, 1.54) is 43.3 Å². The van der Waals surface area contributed by atoms with Crippen molar-refractivity contribution >= 4 is 39.3 Å². The van der Waals surface area contributed by atoms with Crippen LogP contribution >= 0.6 is 0 Å². The fraction of sp³-hybridized carbons (Fsp3) is 0.360. The SMILES string of the molecule is C=CCOC(=O)c1nnn(C[C@]2(C)[C@H](C(=O)OCc3ccc([N+](=O)[O-])cc3)N3C(=O)C[C@H]3S2(=O)=O)c1C(=O)OCC=C. The summed E-state index contributed by atoms with van der Waals surface area (Å²) in [7, 11) is -4.29.